The summed E-state index contributed by atoms with van der Waals surface area (Å²) >= 11 is 1.69. The normalized spacial score (nSPS) is 14.8. The van der Waals surface area contributed by atoms with Crippen LogP contribution in [0, 0.1) is 28.4 Å². The number of nitro benzene ring substituents is 1. The molecule has 0 bridgehead atoms. The summed E-state index contributed by atoms with van der Waals surface area (Å²) in [7, 11) is 0. The summed E-state index contributed by atoms with van der Waals surface area (Å²) in [6.07, 6.45) is 5.85. The number of non-ortho nitro benzene ring substituents is 1. The molecule has 0 unspecified atom stereocenters. The monoisotopic (exact) mass is 369 g/mol. The molecule has 1 aromatic carbocycles. The number of pyridine rings is 1. The second-order valence-corrected chi connectivity index (χ2v) is 7.84. The minimum Gasteiger partial charge on any atom is -0.325 e. The van der Waals surface area contributed by atoms with Crippen LogP contribution in [0.15, 0.2) is 34.0 Å². The van der Waals surface area contributed by atoms with Gasteiger partial charge >= 0.3 is 0 Å². The quantitative estimate of drug-likeness (QED) is 0.629. The molecule has 0 saturated heterocycles. The number of hydrogen-bond acceptors (Lipinski definition) is 5. The number of aromatic nitrogens is 1. The molecule has 1 aromatic heterocycles. The zero-order valence-corrected chi connectivity index (χ0v) is 15.3. The van der Waals surface area contributed by atoms with Crippen LogP contribution in [0.3, 0.4) is 0 Å². The SMILES string of the molecule is Cc1cc(-c2cc([N+](=O)[O-])ccc2SC2CCCCC2)c(C#N)c(=O)[nH]1. The average molecular weight is 369 g/mol. The number of rotatable bonds is 4. The molecule has 1 aliphatic rings. The number of nitrogens with zero attached hydrogens (tertiary/aromatic N) is 2. The number of nitro groups is 1. The van der Waals surface area contributed by atoms with Crippen molar-refractivity contribution in [1.82, 2.24) is 4.98 Å². The van der Waals surface area contributed by atoms with Crippen molar-refractivity contribution in [2.75, 3.05) is 0 Å². The molecule has 1 N–H and O–H groups in total. The largest absolute Gasteiger partial charge is 0.325 e. The molecular formula is C19H19N3O3S. The lowest BCUT2D eigenvalue weighted by Crippen LogP contribution is -2.13. The number of thioether (sulfide) groups is 1. The maximum Gasteiger partial charge on any atom is 0.270 e. The number of aryl methyl sites for hydroxylation is 1. The van der Waals surface area contributed by atoms with Crippen molar-refractivity contribution < 1.29 is 4.92 Å². The van der Waals surface area contributed by atoms with Gasteiger partial charge in [-0.2, -0.15) is 5.26 Å². The lowest BCUT2D eigenvalue weighted by Gasteiger charge is -2.22. The minimum atomic E-state index is -0.470. The van der Waals surface area contributed by atoms with Crippen molar-refractivity contribution in [3.63, 3.8) is 0 Å². The second-order valence-electron chi connectivity index (χ2n) is 6.50. The molecule has 1 saturated carbocycles. The molecule has 2 aromatic rings. The van der Waals surface area contributed by atoms with Crippen LogP contribution in [0.4, 0.5) is 5.69 Å². The van der Waals surface area contributed by atoms with E-state index >= 15 is 0 Å². The molecule has 1 heterocycles. The highest BCUT2D eigenvalue weighted by atomic mass is 32.2. The van der Waals surface area contributed by atoms with Crippen LogP contribution in [0.25, 0.3) is 11.1 Å². The Labute approximate surface area is 155 Å². The Morgan fingerprint density at radius 3 is 2.62 bits per heavy atom. The van der Waals surface area contributed by atoms with Crippen LogP contribution in [0.1, 0.15) is 43.4 Å². The van der Waals surface area contributed by atoms with Gasteiger partial charge < -0.3 is 4.98 Å². The molecule has 6 nitrogen and oxygen atoms in total. The smallest absolute Gasteiger partial charge is 0.270 e. The van der Waals surface area contributed by atoms with Gasteiger partial charge in [0.1, 0.15) is 11.6 Å². The van der Waals surface area contributed by atoms with E-state index in [2.05, 4.69) is 4.98 Å². The first-order valence-corrected chi connectivity index (χ1v) is 9.47. The van der Waals surface area contributed by atoms with Crippen molar-refractivity contribution >= 4 is 17.4 Å². The summed E-state index contributed by atoms with van der Waals surface area (Å²) in [5.41, 5.74) is 1.12. The predicted molar refractivity (Wildman–Crippen MR) is 101 cm³/mol. The van der Waals surface area contributed by atoms with Gasteiger partial charge in [0.25, 0.3) is 11.2 Å². The van der Waals surface area contributed by atoms with E-state index in [1.54, 1.807) is 30.8 Å². The molecular weight excluding hydrogens is 350 g/mol. The van der Waals surface area contributed by atoms with Gasteiger partial charge in [-0.1, -0.05) is 19.3 Å². The fraction of sp³-hybridized carbons (Fsp3) is 0.368. The lowest BCUT2D eigenvalue weighted by atomic mass is 10.00. The molecule has 1 fully saturated rings. The van der Waals surface area contributed by atoms with E-state index in [0.717, 1.165) is 17.7 Å². The Morgan fingerprint density at radius 2 is 1.96 bits per heavy atom. The van der Waals surface area contributed by atoms with Crippen LogP contribution in [-0.4, -0.2) is 15.2 Å². The average Bonchev–Trinajstić information content (AvgIpc) is 2.62. The number of H-pyrrole nitrogens is 1. The van der Waals surface area contributed by atoms with Crippen LogP contribution in [0.2, 0.25) is 0 Å². The standard InChI is InChI=1S/C19H19N3O3S/c1-12-9-15(17(11-20)19(23)21-12)16-10-13(22(24)25)7-8-18(16)26-14-5-3-2-4-6-14/h7-10,14H,2-6H2,1H3,(H,21,23). The van der Waals surface area contributed by atoms with Gasteiger partial charge in [0, 0.05) is 39.1 Å². The zero-order chi connectivity index (χ0) is 18.7. The van der Waals surface area contributed by atoms with Crippen molar-refractivity contribution in [2.45, 2.75) is 49.2 Å². The Hall–Kier alpha value is -2.59. The Kier molecular flexibility index (Phi) is 5.43. The van der Waals surface area contributed by atoms with Crippen LogP contribution in [-0.2, 0) is 0 Å². The Balaban J connectivity index is 2.15. The van der Waals surface area contributed by atoms with Gasteiger partial charge in [0.2, 0.25) is 0 Å². The lowest BCUT2D eigenvalue weighted by molar-refractivity contribution is -0.384. The summed E-state index contributed by atoms with van der Waals surface area (Å²) in [4.78, 5) is 26.5. The maximum absolute atomic E-state index is 12.2. The molecule has 3 rings (SSSR count). The molecule has 0 aliphatic heterocycles. The third-order valence-corrected chi connectivity index (χ3v) is 6.00. The van der Waals surface area contributed by atoms with Gasteiger partial charge in [0.15, 0.2) is 0 Å². The van der Waals surface area contributed by atoms with E-state index in [0.29, 0.717) is 22.1 Å². The number of benzene rings is 1. The third kappa shape index (κ3) is 3.81. The number of nitriles is 1. The van der Waals surface area contributed by atoms with Crippen molar-refractivity contribution in [2.24, 2.45) is 0 Å². The first-order chi connectivity index (χ1) is 12.5. The van der Waals surface area contributed by atoms with Crippen LogP contribution in [0.5, 0.6) is 0 Å². The van der Waals surface area contributed by atoms with E-state index in [-0.39, 0.29) is 11.3 Å². The molecule has 0 atom stereocenters. The Morgan fingerprint density at radius 1 is 1.23 bits per heavy atom. The second kappa shape index (κ2) is 7.75. The van der Waals surface area contributed by atoms with Gasteiger partial charge in [-0.25, -0.2) is 0 Å². The summed E-state index contributed by atoms with van der Waals surface area (Å²) in [5, 5.41) is 21.1. The molecule has 7 heteroatoms. The fourth-order valence-electron chi connectivity index (χ4n) is 3.32. The first-order valence-electron chi connectivity index (χ1n) is 8.59. The molecule has 1 aliphatic carbocycles. The summed E-state index contributed by atoms with van der Waals surface area (Å²) in [6, 6.07) is 8.36. The minimum absolute atomic E-state index is 0.0124. The molecule has 134 valence electrons. The molecule has 0 spiro atoms. The Bertz CT molecular complexity index is 940. The first kappa shape index (κ1) is 18.2. The predicted octanol–water partition coefficient (Wildman–Crippen LogP) is 4.56. The zero-order valence-electron chi connectivity index (χ0n) is 14.4. The van der Waals surface area contributed by atoms with Crippen LogP contribution >= 0.6 is 11.8 Å². The molecule has 0 amide bonds. The summed E-state index contributed by atoms with van der Waals surface area (Å²) in [5.74, 6) is 0. The highest BCUT2D eigenvalue weighted by Crippen LogP contribution is 2.40. The van der Waals surface area contributed by atoms with E-state index in [1.807, 2.05) is 6.07 Å². The van der Waals surface area contributed by atoms with Crippen molar-refractivity contribution in [3.05, 3.63) is 56.0 Å². The van der Waals surface area contributed by atoms with E-state index < -0.39 is 10.5 Å². The van der Waals surface area contributed by atoms with Gasteiger partial charge in [-0.15, -0.1) is 11.8 Å². The third-order valence-electron chi connectivity index (χ3n) is 4.59. The molecule has 0 radical (unpaired) electrons. The van der Waals surface area contributed by atoms with Crippen molar-refractivity contribution in [1.29, 1.82) is 5.26 Å². The highest BCUT2D eigenvalue weighted by molar-refractivity contribution is 8.00. The summed E-state index contributed by atoms with van der Waals surface area (Å²) < 4.78 is 0. The number of aromatic amines is 1. The maximum atomic E-state index is 12.2. The highest BCUT2D eigenvalue weighted by Gasteiger charge is 2.21. The number of hydrogen-bond donors (Lipinski definition) is 1. The summed E-state index contributed by atoms with van der Waals surface area (Å²) in [6.45, 7) is 1.73. The van der Waals surface area contributed by atoms with E-state index in [1.165, 1.54) is 31.4 Å². The molecule has 26 heavy (non-hydrogen) atoms. The number of nitrogens with one attached hydrogen (secondary N) is 1. The van der Waals surface area contributed by atoms with Gasteiger partial charge in [-0.05, 0) is 31.9 Å². The van der Waals surface area contributed by atoms with Crippen molar-refractivity contribution in [3.8, 4) is 17.2 Å². The van der Waals surface area contributed by atoms with Gasteiger partial charge in [0.05, 0.1) is 4.92 Å². The van der Waals surface area contributed by atoms with E-state index in [9.17, 15) is 20.2 Å². The topological polar surface area (TPSA) is 99.8 Å². The fourth-order valence-corrected chi connectivity index (χ4v) is 4.69. The van der Waals surface area contributed by atoms with E-state index in [4.69, 9.17) is 0 Å². The van der Waals surface area contributed by atoms with Crippen LogP contribution < -0.4 is 5.56 Å². The van der Waals surface area contributed by atoms with Gasteiger partial charge in [-0.3, -0.25) is 14.9 Å².